The molecule has 1 aromatic rings. The number of pyridine rings is 1. The second-order valence-corrected chi connectivity index (χ2v) is 3.16. The number of nitrogens with zero attached hydrogens (tertiary/aromatic N) is 1. The van der Waals surface area contributed by atoms with Crippen molar-refractivity contribution in [1.29, 1.82) is 0 Å². The molecular formula is C11H13NO3. The maximum atomic E-state index is 11.4. The summed E-state index contributed by atoms with van der Waals surface area (Å²) in [7, 11) is 0. The summed E-state index contributed by atoms with van der Waals surface area (Å²) < 4.78 is 4.80. The second kappa shape index (κ2) is 4.68. The topological polar surface area (TPSA) is 56.3 Å². The molecule has 4 heteroatoms. The largest absolute Gasteiger partial charge is 0.461 e. The van der Waals surface area contributed by atoms with E-state index in [4.69, 9.17) is 4.74 Å². The van der Waals surface area contributed by atoms with Crippen LogP contribution in [0.2, 0.25) is 0 Å². The average molecular weight is 207 g/mol. The standard InChI is InChI=1S/C11H13NO3/c1-4-15-11(14)10-6-9(8(3)13)5-7(2)12-10/h5-6H,4H2,1-3H3. The molecule has 1 heterocycles. The molecule has 0 amide bonds. The quantitative estimate of drug-likeness (QED) is 0.560. The van der Waals surface area contributed by atoms with E-state index in [1.54, 1.807) is 19.9 Å². The van der Waals surface area contributed by atoms with Crippen molar-refractivity contribution in [3.05, 3.63) is 29.1 Å². The van der Waals surface area contributed by atoms with E-state index < -0.39 is 5.97 Å². The Labute approximate surface area is 88.3 Å². The van der Waals surface area contributed by atoms with Gasteiger partial charge in [0.2, 0.25) is 0 Å². The maximum absolute atomic E-state index is 11.4. The van der Waals surface area contributed by atoms with Crippen molar-refractivity contribution in [2.45, 2.75) is 20.8 Å². The van der Waals surface area contributed by atoms with Crippen LogP contribution in [0.3, 0.4) is 0 Å². The molecule has 0 spiro atoms. The monoisotopic (exact) mass is 207 g/mol. The Balaban J connectivity index is 3.09. The maximum Gasteiger partial charge on any atom is 0.356 e. The minimum absolute atomic E-state index is 0.0916. The highest BCUT2D eigenvalue weighted by molar-refractivity contribution is 5.97. The number of ketones is 1. The highest BCUT2D eigenvalue weighted by atomic mass is 16.5. The Hall–Kier alpha value is -1.71. The van der Waals surface area contributed by atoms with E-state index in [1.807, 2.05) is 0 Å². The number of hydrogen-bond donors (Lipinski definition) is 0. The van der Waals surface area contributed by atoms with Gasteiger partial charge in [0.1, 0.15) is 5.69 Å². The lowest BCUT2D eigenvalue weighted by Crippen LogP contribution is -2.09. The predicted octanol–water partition coefficient (Wildman–Crippen LogP) is 1.77. The average Bonchev–Trinajstić information content (AvgIpc) is 2.17. The van der Waals surface area contributed by atoms with E-state index in [2.05, 4.69) is 4.98 Å². The molecule has 0 saturated carbocycles. The zero-order valence-electron chi connectivity index (χ0n) is 9.03. The van der Waals surface area contributed by atoms with Crippen LogP contribution in [-0.2, 0) is 4.74 Å². The summed E-state index contributed by atoms with van der Waals surface area (Å²) in [5.74, 6) is -0.588. The lowest BCUT2D eigenvalue weighted by atomic mass is 10.1. The van der Waals surface area contributed by atoms with Gasteiger partial charge in [-0.2, -0.15) is 0 Å². The normalized spacial score (nSPS) is 9.80. The smallest absolute Gasteiger partial charge is 0.356 e. The summed E-state index contributed by atoms with van der Waals surface area (Å²) in [6.07, 6.45) is 0. The third kappa shape index (κ3) is 2.87. The second-order valence-electron chi connectivity index (χ2n) is 3.16. The molecule has 0 aliphatic rings. The van der Waals surface area contributed by atoms with Crippen LogP contribution in [0.4, 0.5) is 0 Å². The Kier molecular flexibility index (Phi) is 3.55. The number of aryl methyl sites for hydroxylation is 1. The van der Waals surface area contributed by atoms with E-state index in [0.717, 1.165) is 0 Å². The number of rotatable bonds is 3. The van der Waals surface area contributed by atoms with Gasteiger partial charge in [0.25, 0.3) is 0 Å². The van der Waals surface area contributed by atoms with Gasteiger partial charge in [-0.3, -0.25) is 4.79 Å². The summed E-state index contributed by atoms with van der Waals surface area (Å²) in [6, 6.07) is 3.10. The lowest BCUT2D eigenvalue weighted by Gasteiger charge is -2.04. The van der Waals surface area contributed by atoms with Gasteiger partial charge in [-0.15, -0.1) is 0 Å². The molecule has 80 valence electrons. The number of esters is 1. The van der Waals surface area contributed by atoms with E-state index in [9.17, 15) is 9.59 Å². The van der Waals surface area contributed by atoms with Gasteiger partial charge in [-0.1, -0.05) is 0 Å². The molecule has 4 nitrogen and oxygen atoms in total. The van der Waals surface area contributed by atoms with Crippen molar-refractivity contribution < 1.29 is 14.3 Å². The number of aromatic nitrogens is 1. The molecule has 0 unspecified atom stereocenters. The van der Waals surface area contributed by atoms with Crippen LogP contribution < -0.4 is 0 Å². The minimum atomic E-state index is -0.497. The number of carbonyl (C=O) groups is 2. The molecular weight excluding hydrogens is 194 g/mol. The molecule has 0 N–H and O–H groups in total. The molecule has 15 heavy (non-hydrogen) atoms. The highest BCUT2D eigenvalue weighted by Gasteiger charge is 2.11. The first-order valence-electron chi connectivity index (χ1n) is 4.71. The Morgan fingerprint density at radius 2 is 2.07 bits per heavy atom. The van der Waals surface area contributed by atoms with Crippen LogP contribution in [0.25, 0.3) is 0 Å². The van der Waals surface area contributed by atoms with Crippen LogP contribution in [-0.4, -0.2) is 23.3 Å². The van der Waals surface area contributed by atoms with Crippen molar-refractivity contribution in [3.8, 4) is 0 Å². The SMILES string of the molecule is CCOC(=O)c1cc(C(C)=O)cc(C)n1. The summed E-state index contributed by atoms with van der Waals surface area (Å²) in [4.78, 5) is 26.5. The van der Waals surface area contributed by atoms with Crippen LogP contribution in [0.5, 0.6) is 0 Å². The molecule has 0 atom stereocenters. The van der Waals surface area contributed by atoms with Gasteiger partial charge in [0.15, 0.2) is 5.78 Å². The fourth-order valence-corrected chi connectivity index (χ4v) is 1.18. The third-order valence-electron chi connectivity index (χ3n) is 1.84. The van der Waals surface area contributed by atoms with Crippen molar-refractivity contribution in [2.24, 2.45) is 0 Å². The van der Waals surface area contributed by atoms with Gasteiger partial charge in [-0.05, 0) is 32.9 Å². The molecule has 0 radical (unpaired) electrons. The molecule has 0 saturated heterocycles. The Morgan fingerprint density at radius 1 is 1.40 bits per heavy atom. The van der Waals surface area contributed by atoms with E-state index >= 15 is 0 Å². The summed E-state index contributed by atoms with van der Waals surface area (Å²) >= 11 is 0. The van der Waals surface area contributed by atoms with Gasteiger partial charge < -0.3 is 4.74 Å². The number of carbonyl (C=O) groups excluding carboxylic acids is 2. The molecule has 0 aromatic carbocycles. The van der Waals surface area contributed by atoms with Crippen molar-refractivity contribution >= 4 is 11.8 Å². The van der Waals surface area contributed by atoms with Crippen molar-refractivity contribution in [3.63, 3.8) is 0 Å². The number of Topliss-reactive ketones (excluding diaryl/α,β-unsaturated/α-hetero) is 1. The van der Waals surface area contributed by atoms with Gasteiger partial charge >= 0.3 is 5.97 Å². The molecule has 1 aromatic heterocycles. The fourth-order valence-electron chi connectivity index (χ4n) is 1.18. The summed E-state index contributed by atoms with van der Waals surface area (Å²) in [5.41, 5.74) is 1.29. The first-order chi connectivity index (χ1) is 7.04. The third-order valence-corrected chi connectivity index (χ3v) is 1.84. The molecule has 0 fully saturated rings. The van der Waals surface area contributed by atoms with E-state index in [1.165, 1.54) is 13.0 Å². The summed E-state index contributed by atoms with van der Waals surface area (Å²) in [5, 5.41) is 0. The molecule has 0 aliphatic carbocycles. The zero-order chi connectivity index (χ0) is 11.4. The van der Waals surface area contributed by atoms with E-state index in [-0.39, 0.29) is 11.5 Å². The van der Waals surface area contributed by atoms with Crippen LogP contribution in [0.1, 0.15) is 40.4 Å². The highest BCUT2D eigenvalue weighted by Crippen LogP contribution is 2.07. The predicted molar refractivity (Wildman–Crippen MR) is 54.9 cm³/mol. The lowest BCUT2D eigenvalue weighted by molar-refractivity contribution is 0.0519. The van der Waals surface area contributed by atoms with Crippen molar-refractivity contribution in [2.75, 3.05) is 6.61 Å². The molecule has 1 rings (SSSR count). The van der Waals surface area contributed by atoms with Gasteiger partial charge in [-0.25, -0.2) is 9.78 Å². The number of ether oxygens (including phenoxy) is 1. The fraction of sp³-hybridized carbons (Fsp3) is 0.364. The van der Waals surface area contributed by atoms with Gasteiger partial charge in [0, 0.05) is 11.3 Å². The molecule has 0 bridgehead atoms. The zero-order valence-corrected chi connectivity index (χ0v) is 9.03. The van der Waals surface area contributed by atoms with Gasteiger partial charge in [0.05, 0.1) is 6.61 Å². The number of hydrogen-bond acceptors (Lipinski definition) is 4. The Morgan fingerprint density at radius 3 is 2.60 bits per heavy atom. The molecule has 0 aliphatic heterocycles. The minimum Gasteiger partial charge on any atom is -0.461 e. The van der Waals surface area contributed by atoms with E-state index in [0.29, 0.717) is 17.9 Å². The van der Waals surface area contributed by atoms with Crippen LogP contribution in [0.15, 0.2) is 12.1 Å². The van der Waals surface area contributed by atoms with Crippen molar-refractivity contribution in [1.82, 2.24) is 4.98 Å². The first-order valence-corrected chi connectivity index (χ1v) is 4.71. The Bertz CT molecular complexity index is 399. The van der Waals surface area contributed by atoms with Crippen LogP contribution in [0, 0.1) is 6.92 Å². The van der Waals surface area contributed by atoms with Crippen LogP contribution >= 0.6 is 0 Å². The summed E-state index contributed by atoms with van der Waals surface area (Å²) in [6.45, 7) is 5.20. The first kappa shape index (κ1) is 11.4.